The molecule has 0 radical (unpaired) electrons. The molecule has 0 bridgehead atoms. The summed E-state index contributed by atoms with van der Waals surface area (Å²) < 4.78 is 42.9. The van der Waals surface area contributed by atoms with Gasteiger partial charge in [0, 0.05) is 30.6 Å². The van der Waals surface area contributed by atoms with Crippen molar-refractivity contribution < 1.29 is 27.9 Å². The van der Waals surface area contributed by atoms with Gasteiger partial charge in [-0.3, -0.25) is 0 Å². The lowest BCUT2D eigenvalue weighted by atomic mass is 9.91. The van der Waals surface area contributed by atoms with Crippen LogP contribution in [0.2, 0.25) is 0 Å². The summed E-state index contributed by atoms with van der Waals surface area (Å²) in [4.78, 5) is 0. The lowest BCUT2D eigenvalue weighted by Crippen LogP contribution is -2.31. The fourth-order valence-electron chi connectivity index (χ4n) is 5.85. The Morgan fingerprint density at radius 2 is 1.51 bits per heavy atom. The van der Waals surface area contributed by atoms with Crippen molar-refractivity contribution in [3.63, 3.8) is 0 Å². The number of hydrogen-bond acceptors (Lipinski definition) is 3. The number of rotatable bonds is 21. The Labute approximate surface area is 246 Å². The maximum atomic E-state index is 14.6. The Morgan fingerprint density at radius 3 is 2.22 bits per heavy atom. The van der Waals surface area contributed by atoms with Crippen LogP contribution in [-0.4, -0.2) is 42.3 Å². The third-order valence-corrected chi connectivity index (χ3v) is 8.20. The van der Waals surface area contributed by atoms with Crippen molar-refractivity contribution in [3.05, 3.63) is 58.7 Å². The van der Waals surface area contributed by atoms with E-state index in [0.717, 1.165) is 80.5 Å². The summed E-state index contributed by atoms with van der Waals surface area (Å²) in [5.41, 5.74) is 3.89. The number of benzene rings is 2. The van der Waals surface area contributed by atoms with E-state index in [1.54, 1.807) is 7.11 Å². The monoisotopic (exact) mass is 572 g/mol. The van der Waals surface area contributed by atoms with Crippen LogP contribution in [0.5, 0.6) is 11.5 Å². The number of ether oxygens (including phenoxy) is 2. The van der Waals surface area contributed by atoms with Crippen LogP contribution < -0.4 is 9.47 Å². The lowest BCUT2D eigenvalue weighted by Gasteiger charge is -2.23. The van der Waals surface area contributed by atoms with E-state index in [1.165, 1.54) is 75.3 Å². The van der Waals surface area contributed by atoms with Crippen molar-refractivity contribution in [2.45, 2.75) is 116 Å². The first-order valence-electron chi connectivity index (χ1n) is 16.1. The van der Waals surface area contributed by atoms with Gasteiger partial charge in [-0.05, 0) is 49.6 Å². The van der Waals surface area contributed by atoms with Gasteiger partial charge >= 0.3 is 0 Å². The van der Waals surface area contributed by atoms with Gasteiger partial charge in [0.15, 0.2) is 23.8 Å². The van der Waals surface area contributed by atoms with Gasteiger partial charge in [0.1, 0.15) is 18.2 Å². The highest BCUT2D eigenvalue weighted by Gasteiger charge is 2.30. The highest BCUT2D eigenvalue weighted by atomic mass is 19.1. The molecule has 3 rings (SSSR count). The quantitative estimate of drug-likeness (QED) is 0.120. The average molecular weight is 573 g/mol. The molecule has 1 N–H and O–H groups in total. The normalized spacial score (nSPS) is 13.0. The van der Waals surface area contributed by atoms with E-state index >= 15 is 0 Å². The summed E-state index contributed by atoms with van der Waals surface area (Å²) >= 11 is 0. The van der Waals surface area contributed by atoms with Crippen LogP contribution in [0.1, 0.15) is 120 Å². The van der Waals surface area contributed by atoms with Gasteiger partial charge in [0.05, 0.1) is 19.3 Å². The van der Waals surface area contributed by atoms with Crippen LogP contribution in [0.3, 0.4) is 0 Å². The molecule has 41 heavy (non-hydrogen) atoms. The SMILES string of the molecule is CCCCCCCCCCCC1=[N+](Cc2cc(F)ccc2F)CCc2c1ccc(OC)c2OCCCCCCCO. The largest absolute Gasteiger partial charge is 0.493 e. The van der Waals surface area contributed by atoms with Gasteiger partial charge in [-0.1, -0.05) is 77.6 Å². The Morgan fingerprint density at radius 1 is 0.829 bits per heavy atom. The maximum absolute atomic E-state index is 14.6. The van der Waals surface area contributed by atoms with Crippen molar-refractivity contribution in [1.29, 1.82) is 0 Å². The number of nitrogens with zero attached hydrogens (tertiary/aromatic N) is 1. The van der Waals surface area contributed by atoms with E-state index in [4.69, 9.17) is 14.6 Å². The molecule has 6 heteroatoms. The highest BCUT2D eigenvalue weighted by molar-refractivity contribution is 5.99. The Bertz CT molecular complexity index is 1090. The summed E-state index contributed by atoms with van der Waals surface area (Å²) in [5.74, 6) is 0.797. The van der Waals surface area contributed by atoms with Gasteiger partial charge in [-0.15, -0.1) is 0 Å². The van der Waals surface area contributed by atoms with Crippen molar-refractivity contribution >= 4 is 5.71 Å². The van der Waals surface area contributed by atoms with Crippen molar-refractivity contribution in [2.24, 2.45) is 0 Å². The van der Waals surface area contributed by atoms with Crippen LogP contribution in [0.25, 0.3) is 0 Å². The Kier molecular flexibility index (Phi) is 15.2. The lowest BCUT2D eigenvalue weighted by molar-refractivity contribution is -0.546. The number of fused-ring (bicyclic) bond motifs is 1. The fourth-order valence-corrected chi connectivity index (χ4v) is 5.85. The predicted molar refractivity (Wildman–Crippen MR) is 164 cm³/mol. The van der Waals surface area contributed by atoms with E-state index in [-0.39, 0.29) is 12.4 Å². The van der Waals surface area contributed by atoms with E-state index in [2.05, 4.69) is 17.6 Å². The molecule has 0 atom stereocenters. The van der Waals surface area contributed by atoms with Gasteiger partial charge in [-0.2, -0.15) is 0 Å². The number of hydrogen-bond donors (Lipinski definition) is 1. The molecule has 0 aromatic heterocycles. The molecule has 228 valence electrons. The van der Waals surface area contributed by atoms with Crippen molar-refractivity contribution in [1.82, 2.24) is 0 Å². The molecule has 0 amide bonds. The summed E-state index contributed by atoms with van der Waals surface area (Å²) in [6.07, 6.45) is 18.0. The first-order chi connectivity index (χ1) is 20.1. The second-order valence-electron chi connectivity index (χ2n) is 11.4. The molecular formula is C35H52F2NO3+. The zero-order valence-corrected chi connectivity index (χ0v) is 25.5. The molecular weight excluding hydrogens is 520 g/mol. The van der Waals surface area contributed by atoms with Gasteiger partial charge < -0.3 is 14.6 Å². The third kappa shape index (κ3) is 10.7. The van der Waals surface area contributed by atoms with Gasteiger partial charge in [0.2, 0.25) is 0 Å². The number of unbranched alkanes of at least 4 members (excludes halogenated alkanes) is 12. The zero-order valence-electron chi connectivity index (χ0n) is 25.5. The summed E-state index contributed by atoms with van der Waals surface area (Å²) in [5, 5.41) is 8.99. The standard InChI is InChI=1S/C35H52F2NO3/c1-3-4-5-6-7-8-9-11-14-17-33-30-19-21-34(40-2)35(41-25-16-13-10-12-15-24-39)31(30)22-23-38(33)27-28-26-29(36)18-20-32(28)37/h18-21,26,39H,3-17,22-25,27H2,1-2H3/q+1. The molecule has 0 spiro atoms. The molecule has 1 aliphatic heterocycles. The Hall–Kier alpha value is -2.47. The topological polar surface area (TPSA) is 41.7 Å². The molecule has 1 heterocycles. The number of methoxy groups -OCH3 is 1. The van der Waals surface area contributed by atoms with Crippen LogP contribution >= 0.6 is 0 Å². The average Bonchev–Trinajstić information content (AvgIpc) is 2.98. The minimum atomic E-state index is -0.406. The van der Waals surface area contributed by atoms with E-state index < -0.39 is 5.82 Å². The smallest absolute Gasteiger partial charge is 0.184 e. The number of aliphatic hydroxyl groups excluding tert-OH is 1. The van der Waals surface area contributed by atoms with E-state index in [0.29, 0.717) is 18.7 Å². The highest BCUT2D eigenvalue weighted by Crippen LogP contribution is 2.37. The van der Waals surface area contributed by atoms with Crippen molar-refractivity contribution in [2.75, 3.05) is 26.9 Å². The van der Waals surface area contributed by atoms with Crippen LogP contribution in [-0.2, 0) is 13.0 Å². The van der Waals surface area contributed by atoms with E-state index in [9.17, 15) is 8.78 Å². The molecule has 4 nitrogen and oxygen atoms in total. The number of aliphatic hydroxyl groups is 1. The van der Waals surface area contributed by atoms with Crippen molar-refractivity contribution in [3.8, 4) is 11.5 Å². The van der Waals surface area contributed by atoms with Crippen LogP contribution in [0.4, 0.5) is 8.78 Å². The molecule has 0 saturated heterocycles. The molecule has 0 saturated carbocycles. The summed E-state index contributed by atoms with van der Waals surface area (Å²) in [6.45, 7) is 4.20. The maximum Gasteiger partial charge on any atom is 0.184 e. The van der Waals surface area contributed by atoms with E-state index in [1.807, 2.05) is 6.07 Å². The second kappa shape index (κ2) is 18.9. The third-order valence-electron chi connectivity index (χ3n) is 8.20. The molecule has 0 fully saturated rings. The molecule has 0 unspecified atom stereocenters. The second-order valence-corrected chi connectivity index (χ2v) is 11.4. The van der Waals surface area contributed by atoms with Gasteiger partial charge in [0.25, 0.3) is 0 Å². The predicted octanol–water partition coefficient (Wildman–Crippen LogP) is 8.77. The minimum absolute atomic E-state index is 0.255. The Balaban J connectivity index is 1.75. The summed E-state index contributed by atoms with van der Waals surface area (Å²) in [7, 11) is 1.68. The first-order valence-corrected chi connectivity index (χ1v) is 16.1. The molecule has 0 aliphatic carbocycles. The fraction of sp³-hybridized carbons (Fsp3) is 0.629. The molecule has 2 aromatic rings. The van der Waals surface area contributed by atoms with Crippen LogP contribution in [0, 0.1) is 11.6 Å². The molecule has 2 aromatic carbocycles. The van der Waals surface area contributed by atoms with Crippen LogP contribution in [0.15, 0.2) is 30.3 Å². The molecule has 1 aliphatic rings. The van der Waals surface area contributed by atoms with Gasteiger partial charge in [-0.25, -0.2) is 13.4 Å². The first kappa shape index (κ1) is 33.0. The zero-order chi connectivity index (χ0) is 29.3. The number of halogens is 2. The summed E-state index contributed by atoms with van der Waals surface area (Å²) in [6, 6.07) is 7.83. The minimum Gasteiger partial charge on any atom is -0.493 e.